The van der Waals surface area contributed by atoms with E-state index in [1.807, 2.05) is 57.2 Å². The number of halogens is 2. The highest BCUT2D eigenvalue weighted by atomic mass is 79.9. The maximum absolute atomic E-state index is 15.0. The van der Waals surface area contributed by atoms with Crippen LogP contribution in [0.3, 0.4) is 0 Å². The zero-order valence-electron chi connectivity index (χ0n) is 26.4. The third-order valence-corrected chi connectivity index (χ3v) is 12.9. The van der Waals surface area contributed by atoms with Crippen molar-refractivity contribution in [3.63, 3.8) is 0 Å². The number of carbonyl (C=O) groups is 3. The Hall–Kier alpha value is -2.79. The van der Waals surface area contributed by atoms with Crippen LogP contribution in [0.15, 0.2) is 67.8 Å². The summed E-state index contributed by atoms with van der Waals surface area (Å²) in [5.74, 6) is -1.52. The van der Waals surface area contributed by atoms with E-state index in [0.717, 1.165) is 5.56 Å². The second-order valence-corrected chi connectivity index (χ2v) is 15.1. The number of aryl methyl sites for hydroxylation is 1. The average molecular weight is 731 g/mol. The lowest BCUT2D eigenvalue weighted by atomic mass is 9.70. The molecule has 0 saturated carbocycles. The number of aliphatic hydroxyl groups excluding tert-OH is 1. The van der Waals surface area contributed by atoms with Gasteiger partial charge < -0.3 is 24.5 Å². The summed E-state index contributed by atoms with van der Waals surface area (Å²) in [6, 6.07) is 11.2. The van der Waals surface area contributed by atoms with Gasteiger partial charge in [-0.25, -0.2) is 0 Å². The van der Waals surface area contributed by atoms with Gasteiger partial charge in [0.15, 0.2) is 0 Å². The van der Waals surface area contributed by atoms with Gasteiger partial charge in [0.25, 0.3) is 5.91 Å². The highest BCUT2D eigenvalue weighted by Gasteiger charge is 2.76. The van der Waals surface area contributed by atoms with Crippen LogP contribution in [0, 0.1) is 18.8 Å². The number of alkyl halides is 1. The monoisotopic (exact) mass is 729 g/mol. The summed E-state index contributed by atoms with van der Waals surface area (Å²) in [6.45, 7) is 14.1. The SMILES string of the molecule is C=CCN(C(=O)[C@H]1[C@@H]2SC3(CC2Br)C(C(=O)N(CC=C)c2c(C)cccc2Cl)N([C@@H](CC)CO)C(=O)[C@H]13)c1ccc(OCC)cc1. The molecule has 1 N–H and O–H groups in total. The molecule has 11 heteroatoms. The van der Waals surface area contributed by atoms with Crippen molar-refractivity contribution >= 4 is 68.4 Å². The molecule has 2 bridgehead atoms. The zero-order chi connectivity index (χ0) is 33.3. The van der Waals surface area contributed by atoms with E-state index in [0.29, 0.717) is 41.6 Å². The topological polar surface area (TPSA) is 90.4 Å². The number of hydrogen-bond acceptors (Lipinski definition) is 6. The number of carbonyl (C=O) groups excluding carboxylic acids is 3. The summed E-state index contributed by atoms with van der Waals surface area (Å²) in [6.07, 6.45) is 4.28. The van der Waals surface area contributed by atoms with Crippen LogP contribution in [-0.4, -0.2) is 80.9 Å². The maximum Gasteiger partial charge on any atom is 0.251 e. The molecule has 3 unspecified atom stereocenters. The van der Waals surface area contributed by atoms with Gasteiger partial charge in [0.2, 0.25) is 11.8 Å². The second kappa shape index (κ2) is 14.1. The van der Waals surface area contributed by atoms with Crippen molar-refractivity contribution in [3.8, 4) is 5.75 Å². The van der Waals surface area contributed by atoms with Crippen molar-refractivity contribution in [1.29, 1.82) is 0 Å². The molecule has 2 aromatic carbocycles. The predicted octanol–water partition coefficient (Wildman–Crippen LogP) is 6.02. The number of likely N-dealkylation sites (tertiary alicyclic amines) is 1. The van der Waals surface area contributed by atoms with Crippen LogP contribution in [0.4, 0.5) is 11.4 Å². The van der Waals surface area contributed by atoms with E-state index in [1.165, 1.54) is 0 Å². The average Bonchev–Trinajstić information content (AvgIpc) is 3.63. The van der Waals surface area contributed by atoms with E-state index in [2.05, 4.69) is 29.1 Å². The molecule has 3 amide bonds. The van der Waals surface area contributed by atoms with Gasteiger partial charge >= 0.3 is 0 Å². The Bertz CT molecular complexity index is 1480. The first-order valence-corrected chi connectivity index (χ1v) is 17.8. The number of anilines is 2. The molecule has 0 radical (unpaired) electrons. The van der Waals surface area contributed by atoms with E-state index >= 15 is 0 Å². The molecule has 7 atom stereocenters. The molecule has 5 rings (SSSR count). The van der Waals surface area contributed by atoms with Crippen LogP contribution >= 0.6 is 39.3 Å². The molecule has 1 spiro atoms. The molecule has 3 heterocycles. The highest BCUT2D eigenvalue weighted by molar-refractivity contribution is 9.09. The Balaban J connectivity index is 1.61. The van der Waals surface area contributed by atoms with Crippen molar-refractivity contribution in [1.82, 2.24) is 4.90 Å². The zero-order valence-corrected chi connectivity index (χ0v) is 29.6. The second-order valence-electron chi connectivity index (χ2n) is 12.0. The molecule has 0 aliphatic carbocycles. The van der Waals surface area contributed by atoms with E-state index < -0.39 is 28.7 Å². The van der Waals surface area contributed by atoms with Gasteiger partial charge in [0.1, 0.15) is 11.8 Å². The number of amides is 3. The molecule has 8 nitrogen and oxygen atoms in total. The highest BCUT2D eigenvalue weighted by Crippen LogP contribution is 2.68. The molecule has 2 aromatic rings. The number of hydrogen-bond donors (Lipinski definition) is 1. The van der Waals surface area contributed by atoms with E-state index in [9.17, 15) is 19.5 Å². The molecule has 3 saturated heterocycles. The van der Waals surface area contributed by atoms with Crippen LogP contribution in [0.5, 0.6) is 5.75 Å². The molecular formula is C35H41BrClN3O5S. The first-order chi connectivity index (χ1) is 22.1. The summed E-state index contributed by atoms with van der Waals surface area (Å²) >= 11 is 12.1. The summed E-state index contributed by atoms with van der Waals surface area (Å²) in [5.41, 5.74) is 2.04. The number of rotatable bonds is 13. The Morgan fingerprint density at radius 1 is 1.15 bits per heavy atom. The van der Waals surface area contributed by atoms with E-state index in [4.69, 9.17) is 16.3 Å². The van der Waals surface area contributed by atoms with Crippen molar-refractivity contribution in [3.05, 3.63) is 78.4 Å². The van der Waals surface area contributed by atoms with Crippen LogP contribution in [0.25, 0.3) is 0 Å². The molecule has 0 aromatic heterocycles. The number of nitrogens with zero attached hydrogens (tertiary/aromatic N) is 3. The molecule has 3 fully saturated rings. The largest absolute Gasteiger partial charge is 0.494 e. The summed E-state index contributed by atoms with van der Waals surface area (Å²) in [4.78, 5) is 49.1. The van der Waals surface area contributed by atoms with Crippen molar-refractivity contribution < 1.29 is 24.2 Å². The van der Waals surface area contributed by atoms with Crippen molar-refractivity contribution in [2.45, 2.75) is 60.5 Å². The Labute approximate surface area is 288 Å². The number of aliphatic hydroxyl groups is 1. The van der Waals surface area contributed by atoms with Crippen molar-refractivity contribution in [2.24, 2.45) is 11.8 Å². The first kappa shape index (κ1) is 34.5. The van der Waals surface area contributed by atoms with Gasteiger partial charge in [-0.05, 0) is 62.6 Å². The molecule has 3 aliphatic heterocycles. The minimum absolute atomic E-state index is 0.110. The smallest absolute Gasteiger partial charge is 0.251 e. The fourth-order valence-corrected chi connectivity index (χ4v) is 11.4. The van der Waals surface area contributed by atoms with Gasteiger partial charge in [-0.1, -0.05) is 58.7 Å². The van der Waals surface area contributed by atoms with Crippen LogP contribution in [0.2, 0.25) is 5.02 Å². The number of fused-ring (bicyclic) bond motifs is 1. The molecule has 246 valence electrons. The fourth-order valence-electron chi connectivity index (χ4n) is 7.49. The molecule has 46 heavy (non-hydrogen) atoms. The summed E-state index contributed by atoms with van der Waals surface area (Å²) in [7, 11) is 0. The number of para-hydroxylation sites is 1. The number of thioether (sulfide) groups is 1. The third-order valence-electron chi connectivity index (χ3n) is 9.39. The number of ether oxygens (including phenoxy) is 1. The third kappa shape index (κ3) is 5.69. The lowest BCUT2D eigenvalue weighted by Gasteiger charge is -2.40. The Morgan fingerprint density at radius 2 is 1.83 bits per heavy atom. The van der Waals surface area contributed by atoms with Crippen molar-refractivity contribution in [2.75, 3.05) is 36.1 Å². The fraction of sp³-hybridized carbons (Fsp3) is 0.457. The quantitative estimate of drug-likeness (QED) is 0.200. The standard InChI is InChI=1S/C35H41BrClN3O5S/c1-6-17-38(23-13-15-24(16-14-23)45-9-4)32(42)27-28-33(43)40(22(8-3)20-41)31(35(28)19-25(36)30(27)46-35)34(44)39(18-7-2)29-21(5)11-10-12-26(29)37/h6-7,10-16,22,25,27-28,30-31,41H,1-2,8-9,17-20H2,3-5H3/t22-,25?,27+,28-,30+,31?,35?/m0/s1. The minimum Gasteiger partial charge on any atom is -0.494 e. The van der Waals surface area contributed by atoms with Gasteiger partial charge in [-0.2, -0.15) is 0 Å². The van der Waals surface area contributed by atoms with Gasteiger partial charge in [-0.3, -0.25) is 14.4 Å². The van der Waals surface area contributed by atoms with Crippen LogP contribution < -0.4 is 14.5 Å². The maximum atomic E-state index is 15.0. The minimum atomic E-state index is -0.927. The summed E-state index contributed by atoms with van der Waals surface area (Å²) in [5, 5.41) is 10.7. The van der Waals surface area contributed by atoms with E-state index in [-0.39, 0.29) is 47.5 Å². The number of benzene rings is 2. The van der Waals surface area contributed by atoms with E-state index in [1.54, 1.807) is 44.7 Å². The van der Waals surface area contributed by atoms with Gasteiger partial charge in [0, 0.05) is 28.9 Å². The summed E-state index contributed by atoms with van der Waals surface area (Å²) < 4.78 is 4.70. The predicted molar refractivity (Wildman–Crippen MR) is 189 cm³/mol. The van der Waals surface area contributed by atoms with Crippen LogP contribution in [0.1, 0.15) is 32.3 Å². The molecular weight excluding hydrogens is 690 g/mol. The van der Waals surface area contributed by atoms with Gasteiger partial charge in [0.05, 0.1) is 46.5 Å². The Kier molecular flexibility index (Phi) is 10.6. The normalized spacial score (nSPS) is 26.9. The molecule has 3 aliphatic rings. The first-order valence-electron chi connectivity index (χ1n) is 15.7. The lowest BCUT2D eigenvalue weighted by Crippen LogP contribution is -2.58. The lowest BCUT2D eigenvalue weighted by molar-refractivity contribution is -0.141. The van der Waals surface area contributed by atoms with Gasteiger partial charge in [-0.15, -0.1) is 24.9 Å². The van der Waals surface area contributed by atoms with Crippen LogP contribution in [-0.2, 0) is 14.4 Å². The Morgan fingerprint density at radius 3 is 2.41 bits per heavy atom.